The molecule has 4 aromatic rings. The lowest BCUT2D eigenvalue weighted by Crippen LogP contribution is -1.89. The zero-order valence-electron chi connectivity index (χ0n) is 10.8. The molecule has 0 aliphatic carbocycles. The Morgan fingerprint density at radius 2 is 1.40 bits per heavy atom. The fourth-order valence-corrected chi connectivity index (χ4v) is 2.54. The van der Waals surface area contributed by atoms with E-state index < -0.39 is 0 Å². The summed E-state index contributed by atoms with van der Waals surface area (Å²) in [5.41, 5.74) is 1.86. The van der Waals surface area contributed by atoms with Gasteiger partial charge in [-0.05, 0) is 22.9 Å². The molecule has 2 aromatic heterocycles. The lowest BCUT2D eigenvalue weighted by atomic mass is 10.1. The molecule has 4 rings (SSSR count). The first-order chi connectivity index (χ1) is 9.92. The van der Waals surface area contributed by atoms with Crippen LogP contribution in [0.15, 0.2) is 73.1 Å². The normalized spacial score (nSPS) is 11.0. The van der Waals surface area contributed by atoms with Crippen LogP contribution in [0.4, 0.5) is 0 Å². The van der Waals surface area contributed by atoms with Crippen molar-refractivity contribution < 1.29 is 0 Å². The number of aromatic nitrogens is 2. The Morgan fingerprint density at radius 1 is 0.650 bits per heavy atom. The SMILES string of the molecule is c1ccc2cc(-c3nccc4ccccc34)ncc2c1. The highest BCUT2D eigenvalue weighted by atomic mass is 14.8. The van der Waals surface area contributed by atoms with Gasteiger partial charge in [0.15, 0.2) is 0 Å². The Bertz CT molecular complexity index is 908. The lowest BCUT2D eigenvalue weighted by molar-refractivity contribution is 1.28. The van der Waals surface area contributed by atoms with Crippen molar-refractivity contribution >= 4 is 21.5 Å². The van der Waals surface area contributed by atoms with Crippen molar-refractivity contribution in [3.8, 4) is 11.4 Å². The van der Waals surface area contributed by atoms with Gasteiger partial charge >= 0.3 is 0 Å². The molecule has 0 saturated heterocycles. The highest BCUT2D eigenvalue weighted by Crippen LogP contribution is 2.26. The summed E-state index contributed by atoms with van der Waals surface area (Å²) in [5, 5.41) is 4.66. The number of hydrogen-bond donors (Lipinski definition) is 0. The molecule has 0 fully saturated rings. The minimum absolute atomic E-state index is 0.917. The lowest BCUT2D eigenvalue weighted by Gasteiger charge is -2.06. The van der Waals surface area contributed by atoms with Gasteiger partial charge in [-0.1, -0.05) is 48.5 Å². The molecular formula is C18H12N2. The second-order valence-corrected chi connectivity index (χ2v) is 4.80. The Kier molecular flexibility index (Phi) is 2.46. The number of pyridine rings is 2. The summed E-state index contributed by atoms with van der Waals surface area (Å²) < 4.78 is 0. The number of fused-ring (bicyclic) bond motifs is 2. The summed E-state index contributed by atoms with van der Waals surface area (Å²) in [5.74, 6) is 0. The van der Waals surface area contributed by atoms with Gasteiger partial charge in [0, 0.05) is 23.2 Å². The van der Waals surface area contributed by atoms with Gasteiger partial charge in [0.25, 0.3) is 0 Å². The maximum absolute atomic E-state index is 4.56. The summed E-state index contributed by atoms with van der Waals surface area (Å²) in [6.07, 6.45) is 3.75. The van der Waals surface area contributed by atoms with Crippen LogP contribution in [0.3, 0.4) is 0 Å². The summed E-state index contributed by atoms with van der Waals surface area (Å²) in [7, 11) is 0. The van der Waals surface area contributed by atoms with Crippen LogP contribution in [-0.2, 0) is 0 Å². The third-order valence-corrected chi connectivity index (χ3v) is 3.55. The predicted molar refractivity (Wildman–Crippen MR) is 82.5 cm³/mol. The highest BCUT2D eigenvalue weighted by Gasteiger charge is 2.06. The van der Waals surface area contributed by atoms with Crippen molar-refractivity contribution in [1.82, 2.24) is 9.97 Å². The van der Waals surface area contributed by atoms with E-state index in [2.05, 4.69) is 40.3 Å². The van der Waals surface area contributed by atoms with E-state index in [-0.39, 0.29) is 0 Å². The maximum atomic E-state index is 4.56. The van der Waals surface area contributed by atoms with E-state index in [1.807, 2.05) is 42.7 Å². The van der Waals surface area contributed by atoms with Crippen molar-refractivity contribution in [2.45, 2.75) is 0 Å². The molecule has 0 aliphatic heterocycles. The van der Waals surface area contributed by atoms with Crippen molar-refractivity contribution in [3.05, 3.63) is 73.1 Å². The standard InChI is InChI=1S/C18H12N2/c1-2-7-15-12-20-17(11-14(15)6-1)18-16-8-4-3-5-13(16)9-10-19-18/h1-12H. The Morgan fingerprint density at radius 3 is 2.30 bits per heavy atom. The van der Waals surface area contributed by atoms with E-state index in [1.165, 1.54) is 10.8 Å². The van der Waals surface area contributed by atoms with E-state index in [0.717, 1.165) is 22.2 Å². The summed E-state index contributed by atoms with van der Waals surface area (Å²) in [6, 6.07) is 20.6. The summed E-state index contributed by atoms with van der Waals surface area (Å²) in [6.45, 7) is 0. The van der Waals surface area contributed by atoms with Crippen LogP contribution < -0.4 is 0 Å². The molecule has 0 saturated carbocycles. The number of benzene rings is 2. The molecule has 0 bridgehead atoms. The molecule has 0 atom stereocenters. The van der Waals surface area contributed by atoms with Crippen LogP contribution in [0.25, 0.3) is 32.9 Å². The van der Waals surface area contributed by atoms with Crippen molar-refractivity contribution in [2.75, 3.05) is 0 Å². The largest absolute Gasteiger partial charge is 0.254 e. The van der Waals surface area contributed by atoms with Gasteiger partial charge in [0.2, 0.25) is 0 Å². The molecule has 0 spiro atoms. The van der Waals surface area contributed by atoms with Crippen LogP contribution in [0, 0.1) is 0 Å². The Balaban J connectivity index is 2.01. The molecule has 2 aromatic carbocycles. The van der Waals surface area contributed by atoms with Gasteiger partial charge in [-0.2, -0.15) is 0 Å². The Labute approximate surface area is 116 Å². The zero-order chi connectivity index (χ0) is 13.4. The van der Waals surface area contributed by atoms with E-state index in [4.69, 9.17) is 0 Å². The van der Waals surface area contributed by atoms with Crippen LogP contribution in [-0.4, -0.2) is 9.97 Å². The maximum Gasteiger partial charge on any atom is 0.0964 e. The zero-order valence-corrected chi connectivity index (χ0v) is 10.8. The molecule has 0 N–H and O–H groups in total. The number of hydrogen-bond acceptors (Lipinski definition) is 2. The summed E-state index contributed by atoms with van der Waals surface area (Å²) in [4.78, 5) is 9.09. The highest BCUT2D eigenvalue weighted by molar-refractivity contribution is 5.95. The van der Waals surface area contributed by atoms with E-state index >= 15 is 0 Å². The van der Waals surface area contributed by atoms with E-state index in [0.29, 0.717) is 0 Å². The first kappa shape index (κ1) is 11.1. The second-order valence-electron chi connectivity index (χ2n) is 4.80. The second kappa shape index (κ2) is 4.42. The van der Waals surface area contributed by atoms with Crippen LogP contribution >= 0.6 is 0 Å². The molecule has 2 heterocycles. The van der Waals surface area contributed by atoms with Gasteiger partial charge in [-0.25, -0.2) is 0 Å². The van der Waals surface area contributed by atoms with Crippen molar-refractivity contribution in [3.63, 3.8) is 0 Å². The van der Waals surface area contributed by atoms with Gasteiger partial charge < -0.3 is 0 Å². The third-order valence-electron chi connectivity index (χ3n) is 3.55. The van der Waals surface area contributed by atoms with E-state index in [9.17, 15) is 0 Å². The van der Waals surface area contributed by atoms with Gasteiger partial charge in [-0.3, -0.25) is 9.97 Å². The monoisotopic (exact) mass is 256 g/mol. The molecule has 0 amide bonds. The van der Waals surface area contributed by atoms with Gasteiger partial charge in [-0.15, -0.1) is 0 Å². The van der Waals surface area contributed by atoms with Crippen LogP contribution in [0.2, 0.25) is 0 Å². The number of nitrogens with zero attached hydrogens (tertiary/aromatic N) is 2. The number of rotatable bonds is 1. The molecule has 0 unspecified atom stereocenters. The third kappa shape index (κ3) is 1.74. The molecule has 2 heteroatoms. The molecule has 0 radical (unpaired) electrons. The molecule has 94 valence electrons. The Hall–Kier alpha value is -2.74. The molecular weight excluding hydrogens is 244 g/mol. The van der Waals surface area contributed by atoms with Crippen LogP contribution in [0.1, 0.15) is 0 Å². The first-order valence-corrected chi connectivity index (χ1v) is 6.61. The minimum Gasteiger partial charge on any atom is -0.254 e. The topological polar surface area (TPSA) is 25.8 Å². The van der Waals surface area contributed by atoms with E-state index in [1.54, 1.807) is 0 Å². The smallest absolute Gasteiger partial charge is 0.0964 e. The van der Waals surface area contributed by atoms with Crippen LogP contribution in [0.5, 0.6) is 0 Å². The average molecular weight is 256 g/mol. The molecule has 2 nitrogen and oxygen atoms in total. The van der Waals surface area contributed by atoms with Crippen molar-refractivity contribution in [2.24, 2.45) is 0 Å². The predicted octanol–water partition coefficient (Wildman–Crippen LogP) is 4.45. The van der Waals surface area contributed by atoms with Gasteiger partial charge in [0.1, 0.15) is 0 Å². The molecule has 0 aliphatic rings. The quantitative estimate of drug-likeness (QED) is 0.503. The fourth-order valence-electron chi connectivity index (χ4n) is 2.54. The van der Waals surface area contributed by atoms with Gasteiger partial charge in [0.05, 0.1) is 11.4 Å². The minimum atomic E-state index is 0.917. The van der Waals surface area contributed by atoms with Crippen molar-refractivity contribution in [1.29, 1.82) is 0 Å². The fraction of sp³-hybridized carbons (Fsp3) is 0. The molecule has 20 heavy (non-hydrogen) atoms. The average Bonchev–Trinajstić information content (AvgIpc) is 2.54. The summed E-state index contributed by atoms with van der Waals surface area (Å²) >= 11 is 0. The first-order valence-electron chi connectivity index (χ1n) is 6.61.